The van der Waals surface area contributed by atoms with Gasteiger partial charge in [0, 0.05) is 12.2 Å². The minimum Gasteiger partial charge on any atom is -0.325 e. The van der Waals surface area contributed by atoms with Crippen molar-refractivity contribution in [3.63, 3.8) is 0 Å². The van der Waals surface area contributed by atoms with E-state index in [1.165, 1.54) is 16.4 Å². The number of halogens is 3. The number of amides is 1. The molecule has 2 rings (SSSR count). The van der Waals surface area contributed by atoms with Gasteiger partial charge in [-0.05, 0) is 37.5 Å². The summed E-state index contributed by atoms with van der Waals surface area (Å²) in [6.07, 6.45) is -2.37. The van der Waals surface area contributed by atoms with E-state index in [1.54, 1.807) is 6.92 Å². The predicted molar refractivity (Wildman–Crippen MR) is 88.5 cm³/mol. The fourth-order valence-electron chi connectivity index (χ4n) is 2.87. The standard InChI is InChI=1S/C16H21F3N2O3S/c1-2-10-25(23,24)21-9-4-3-8-14(21)15(22)20-13-7-5-6-12(11-13)16(17,18)19/h5-7,11,14H,2-4,8-10H2,1H3,(H,20,22). The number of piperidine rings is 1. The van der Waals surface area contributed by atoms with Gasteiger partial charge in [0.25, 0.3) is 0 Å². The lowest BCUT2D eigenvalue weighted by molar-refractivity contribution is -0.137. The van der Waals surface area contributed by atoms with Gasteiger partial charge < -0.3 is 5.32 Å². The van der Waals surface area contributed by atoms with Gasteiger partial charge in [0.15, 0.2) is 0 Å². The maximum atomic E-state index is 12.8. The zero-order valence-electron chi connectivity index (χ0n) is 13.8. The van der Waals surface area contributed by atoms with Gasteiger partial charge in [-0.2, -0.15) is 17.5 Å². The van der Waals surface area contributed by atoms with E-state index in [2.05, 4.69) is 5.32 Å². The minimum atomic E-state index is -4.51. The molecule has 1 aromatic rings. The molecule has 0 bridgehead atoms. The third-order valence-corrected chi connectivity index (χ3v) is 6.11. The maximum Gasteiger partial charge on any atom is 0.416 e. The van der Waals surface area contributed by atoms with Crippen LogP contribution in [0.25, 0.3) is 0 Å². The molecule has 0 spiro atoms. The Morgan fingerprint density at radius 2 is 2.04 bits per heavy atom. The molecule has 0 saturated carbocycles. The van der Waals surface area contributed by atoms with E-state index in [-0.39, 0.29) is 18.0 Å². The van der Waals surface area contributed by atoms with Gasteiger partial charge in [-0.15, -0.1) is 0 Å². The Labute approximate surface area is 145 Å². The van der Waals surface area contributed by atoms with Gasteiger partial charge in [0.1, 0.15) is 6.04 Å². The van der Waals surface area contributed by atoms with Crippen molar-refractivity contribution in [3.05, 3.63) is 29.8 Å². The summed E-state index contributed by atoms with van der Waals surface area (Å²) in [5.41, 5.74) is -0.873. The highest BCUT2D eigenvalue weighted by Gasteiger charge is 2.36. The van der Waals surface area contributed by atoms with Crippen molar-refractivity contribution in [2.24, 2.45) is 0 Å². The summed E-state index contributed by atoms with van der Waals surface area (Å²) in [5, 5.41) is 2.42. The molecular formula is C16H21F3N2O3S. The molecule has 1 heterocycles. The highest BCUT2D eigenvalue weighted by Crippen LogP contribution is 2.31. The van der Waals surface area contributed by atoms with Crippen molar-refractivity contribution >= 4 is 21.6 Å². The normalized spacial score (nSPS) is 19.6. The number of carbonyl (C=O) groups excluding carboxylic acids is 1. The number of alkyl halides is 3. The second-order valence-electron chi connectivity index (χ2n) is 6.01. The van der Waals surface area contributed by atoms with Crippen molar-refractivity contribution in [3.8, 4) is 0 Å². The van der Waals surface area contributed by atoms with Gasteiger partial charge in [-0.1, -0.05) is 19.4 Å². The summed E-state index contributed by atoms with van der Waals surface area (Å²) in [6.45, 7) is 1.99. The Morgan fingerprint density at radius 3 is 2.68 bits per heavy atom. The zero-order valence-corrected chi connectivity index (χ0v) is 14.7. The summed E-state index contributed by atoms with van der Waals surface area (Å²) >= 11 is 0. The van der Waals surface area contributed by atoms with Crippen LogP contribution in [-0.2, 0) is 21.0 Å². The molecule has 140 valence electrons. The van der Waals surface area contributed by atoms with Gasteiger partial charge in [-0.3, -0.25) is 4.79 Å². The van der Waals surface area contributed by atoms with E-state index in [4.69, 9.17) is 0 Å². The van der Waals surface area contributed by atoms with Crippen LogP contribution in [0.15, 0.2) is 24.3 Å². The smallest absolute Gasteiger partial charge is 0.325 e. The van der Waals surface area contributed by atoms with E-state index < -0.39 is 33.7 Å². The summed E-state index contributed by atoms with van der Waals surface area (Å²) in [5.74, 6) is -0.654. The number of benzene rings is 1. The molecule has 1 aliphatic rings. The van der Waals surface area contributed by atoms with Crippen LogP contribution >= 0.6 is 0 Å². The lowest BCUT2D eigenvalue weighted by Crippen LogP contribution is -2.50. The van der Waals surface area contributed by atoms with Gasteiger partial charge in [-0.25, -0.2) is 8.42 Å². The molecule has 1 fully saturated rings. The molecule has 1 N–H and O–H groups in total. The summed E-state index contributed by atoms with van der Waals surface area (Å²) in [4.78, 5) is 12.5. The van der Waals surface area contributed by atoms with Crippen LogP contribution in [0.3, 0.4) is 0 Å². The van der Waals surface area contributed by atoms with Crippen LogP contribution in [0.4, 0.5) is 18.9 Å². The molecule has 1 atom stereocenters. The van der Waals surface area contributed by atoms with E-state index >= 15 is 0 Å². The maximum absolute atomic E-state index is 12.8. The van der Waals surface area contributed by atoms with Crippen molar-refractivity contribution in [2.45, 2.75) is 44.8 Å². The van der Waals surface area contributed by atoms with Crippen LogP contribution in [0, 0.1) is 0 Å². The molecule has 5 nitrogen and oxygen atoms in total. The van der Waals surface area contributed by atoms with Crippen LogP contribution in [-0.4, -0.2) is 37.0 Å². The number of hydrogen-bond donors (Lipinski definition) is 1. The Balaban J connectivity index is 2.18. The first-order valence-electron chi connectivity index (χ1n) is 8.13. The topological polar surface area (TPSA) is 66.5 Å². The molecule has 9 heteroatoms. The fraction of sp³-hybridized carbons (Fsp3) is 0.562. The summed E-state index contributed by atoms with van der Waals surface area (Å²) in [7, 11) is -3.56. The first-order valence-corrected chi connectivity index (χ1v) is 9.73. The second kappa shape index (κ2) is 7.74. The zero-order chi connectivity index (χ0) is 18.7. The monoisotopic (exact) mass is 378 g/mol. The number of sulfonamides is 1. The van der Waals surface area contributed by atoms with Gasteiger partial charge >= 0.3 is 6.18 Å². The van der Waals surface area contributed by atoms with E-state index in [0.717, 1.165) is 12.1 Å². The third-order valence-electron chi connectivity index (χ3n) is 4.03. The molecule has 25 heavy (non-hydrogen) atoms. The van der Waals surface area contributed by atoms with E-state index in [1.807, 2.05) is 0 Å². The Hall–Kier alpha value is -1.61. The summed E-state index contributed by atoms with van der Waals surface area (Å²) in [6, 6.07) is 3.41. The number of hydrogen-bond acceptors (Lipinski definition) is 3. The molecule has 0 aromatic heterocycles. The first-order chi connectivity index (χ1) is 11.6. The highest BCUT2D eigenvalue weighted by molar-refractivity contribution is 7.89. The number of nitrogens with zero attached hydrogens (tertiary/aromatic N) is 1. The largest absolute Gasteiger partial charge is 0.416 e. The van der Waals surface area contributed by atoms with E-state index in [9.17, 15) is 26.4 Å². The molecule has 1 aliphatic heterocycles. The second-order valence-corrected chi connectivity index (χ2v) is 8.05. The van der Waals surface area contributed by atoms with Crippen LogP contribution in [0.1, 0.15) is 38.2 Å². The molecule has 0 radical (unpaired) electrons. The number of carbonyl (C=O) groups is 1. The average molecular weight is 378 g/mol. The van der Waals surface area contributed by atoms with E-state index in [0.29, 0.717) is 25.7 Å². The quantitative estimate of drug-likeness (QED) is 0.855. The lowest BCUT2D eigenvalue weighted by atomic mass is 10.0. The minimum absolute atomic E-state index is 0.00163. The van der Waals surface area contributed by atoms with Gasteiger partial charge in [0.05, 0.1) is 11.3 Å². The predicted octanol–water partition coefficient (Wildman–Crippen LogP) is 3.24. The van der Waals surface area contributed by atoms with Crippen LogP contribution in [0.2, 0.25) is 0 Å². The Morgan fingerprint density at radius 1 is 1.32 bits per heavy atom. The summed E-state index contributed by atoms with van der Waals surface area (Å²) < 4.78 is 64.1. The van der Waals surface area contributed by atoms with Crippen LogP contribution in [0.5, 0.6) is 0 Å². The van der Waals surface area contributed by atoms with Crippen molar-refractivity contribution in [2.75, 3.05) is 17.6 Å². The SMILES string of the molecule is CCCS(=O)(=O)N1CCCCC1C(=O)Nc1cccc(C(F)(F)F)c1. The van der Waals surface area contributed by atoms with Crippen molar-refractivity contribution in [1.29, 1.82) is 0 Å². The molecular weight excluding hydrogens is 357 g/mol. The first kappa shape index (κ1) is 19.7. The molecule has 1 amide bonds. The Kier molecular flexibility index (Phi) is 6.10. The third kappa shape index (κ3) is 4.94. The van der Waals surface area contributed by atoms with Gasteiger partial charge in [0.2, 0.25) is 15.9 Å². The average Bonchev–Trinajstić information content (AvgIpc) is 2.54. The molecule has 1 saturated heterocycles. The number of nitrogens with one attached hydrogen (secondary N) is 1. The van der Waals surface area contributed by atoms with Crippen LogP contribution < -0.4 is 5.32 Å². The molecule has 0 aliphatic carbocycles. The lowest BCUT2D eigenvalue weighted by Gasteiger charge is -2.33. The van der Waals surface area contributed by atoms with Crippen molar-refractivity contribution in [1.82, 2.24) is 4.31 Å². The molecule has 1 unspecified atom stereocenters. The highest BCUT2D eigenvalue weighted by atomic mass is 32.2. The fourth-order valence-corrected chi connectivity index (χ4v) is 4.62. The number of rotatable bonds is 5. The Bertz CT molecular complexity index is 720. The molecule has 1 aromatic carbocycles. The number of anilines is 1. The van der Waals surface area contributed by atoms with Crippen molar-refractivity contribution < 1.29 is 26.4 Å².